The van der Waals surface area contributed by atoms with Crippen LogP contribution in [-0.2, 0) is 0 Å². The van der Waals surface area contributed by atoms with Crippen molar-refractivity contribution < 1.29 is 0 Å². The molecule has 0 aromatic rings. The maximum absolute atomic E-state index is 4.26. The van der Waals surface area contributed by atoms with Crippen LogP contribution in [0.4, 0.5) is 0 Å². The summed E-state index contributed by atoms with van der Waals surface area (Å²) in [6, 6.07) is 0. The van der Waals surface area contributed by atoms with Crippen molar-refractivity contribution in [3.63, 3.8) is 0 Å². The van der Waals surface area contributed by atoms with E-state index in [1.807, 2.05) is 25.2 Å². The molecule has 2 nitrogen and oxygen atoms in total. The Morgan fingerprint density at radius 2 is 2.18 bits per heavy atom. The number of hydrogen-bond acceptors (Lipinski definition) is 2. The molecule has 0 bridgehead atoms. The first-order chi connectivity index (χ1) is 5.16. The summed E-state index contributed by atoms with van der Waals surface area (Å²) < 4.78 is 0. The summed E-state index contributed by atoms with van der Waals surface area (Å²) in [5.74, 6) is 0. The van der Waals surface area contributed by atoms with Crippen molar-refractivity contribution in [3.05, 3.63) is 12.7 Å². The third-order valence-corrected chi connectivity index (χ3v) is 1.32. The Morgan fingerprint density at radius 3 is 2.64 bits per heavy atom. The fourth-order valence-corrected chi connectivity index (χ4v) is 0.894. The molecule has 2 heteroatoms. The van der Waals surface area contributed by atoms with Crippen molar-refractivity contribution in [2.24, 2.45) is 5.10 Å². The minimum Gasteiger partial charge on any atom is -0.303 e. The highest BCUT2D eigenvalue weighted by Crippen LogP contribution is 1.98. The molecule has 64 valence electrons. The quantitative estimate of drug-likeness (QED) is 0.257. The Bertz CT molecular complexity index is 136. The lowest BCUT2D eigenvalue weighted by Gasteiger charge is -2.06. The van der Waals surface area contributed by atoms with Crippen LogP contribution >= 0.6 is 0 Å². The Morgan fingerprint density at radius 1 is 1.55 bits per heavy atom. The Hall–Kier alpha value is -0.790. The number of hydrogen-bond donors (Lipinski definition) is 0. The lowest BCUT2D eigenvalue weighted by atomic mass is 10.2. The van der Waals surface area contributed by atoms with E-state index in [0.717, 1.165) is 19.3 Å². The van der Waals surface area contributed by atoms with Crippen molar-refractivity contribution in [2.75, 3.05) is 14.1 Å². The number of hydrazone groups is 1. The molecule has 0 amide bonds. The van der Waals surface area contributed by atoms with Gasteiger partial charge >= 0.3 is 0 Å². The van der Waals surface area contributed by atoms with Crippen LogP contribution < -0.4 is 0 Å². The Kier molecular flexibility index (Phi) is 5.53. The molecule has 0 aromatic heterocycles. The molecule has 0 aliphatic rings. The van der Waals surface area contributed by atoms with Crippen LogP contribution in [-0.4, -0.2) is 24.8 Å². The summed E-state index contributed by atoms with van der Waals surface area (Å²) in [6.45, 7) is 5.73. The van der Waals surface area contributed by atoms with Gasteiger partial charge in [0.1, 0.15) is 0 Å². The molecule has 0 aliphatic heterocycles. The molecule has 0 fully saturated rings. The summed E-state index contributed by atoms with van der Waals surface area (Å²) in [4.78, 5) is 0. The summed E-state index contributed by atoms with van der Waals surface area (Å²) in [5.41, 5.74) is 1.19. The first kappa shape index (κ1) is 10.2. The van der Waals surface area contributed by atoms with Gasteiger partial charge in [0, 0.05) is 19.8 Å². The van der Waals surface area contributed by atoms with Crippen LogP contribution in [0.3, 0.4) is 0 Å². The zero-order valence-electron chi connectivity index (χ0n) is 7.80. The van der Waals surface area contributed by atoms with Gasteiger partial charge in [-0.3, -0.25) is 0 Å². The SMILES string of the molecule is C=CCCC/C(C)=N/N(C)C. The smallest absolute Gasteiger partial charge is 0.0349 e. The van der Waals surface area contributed by atoms with E-state index in [2.05, 4.69) is 18.6 Å². The molecule has 11 heavy (non-hydrogen) atoms. The van der Waals surface area contributed by atoms with Gasteiger partial charge in [0.05, 0.1) is 0 Å². The molecular formula is C9H18N2. The van der Waals surface area contributed by atoms with Gasteiger partial charge in [-0.05, 0) is 26.2 Å². The van der Waals surface area contributed by atoms with E-state index in [-0.39, 0.29) is 0 Å². The number of unbranched alkanes of at least 4 members (excludes halogenated alkanes) is 1. The fraction of sp³-hybridized carbons (Fsp3) is 0.667. The number of allylic oxidation sites excluding steroid dienone is 1. The standard InChI is InChI=1S/C9H18N2/c1-5-6-7-8-9(2)10-11(3)4/h5H,1,6-8H2,2-4H3/b10-9+. The van der Waals surface area contributed by atoms with E-state index in [0.29, 0.717) is 0 Å². The number of nitrogens with zero attached hydrogens (tertiary/aromatic N) is 2. The highest BCUT2D eigenvalue weighted by atomic mass is 15.4. The largest absolute Gasteiger partial charge is 0.303 e. The predicted molar refractivity (Wildman–Crippen MR) is 50.8 cm³/mol. The second-order valence-corrected chi connectivity index (χ2v) is 2.86. The van der Waals surface area contributed by atoms with Gasteiger partial charge in [-0.2, -0.15) is 5.10 Å². The lowest BCUT2D eigenvalue weighted by Crippen LogP contribution is -2.06. The van der Waals surface area contributed by atoms with Crippen molar-refractivity contribution in [3.8, 4) is 0 Å². The molecule has 0 aromatic carbocycles. The van der Waals surface area contributed by atoms with Crippen LogP contribution in [0.2, 0.25) is 0 Å². The van der Waals surface area contributed by atoms with Crippen LogP contribution in [0.25, 0.3) is 0 Å². The van der Waals surface area contributed by atoms with Gasteiger partial charge in [-0.25, -0.2) is 0 Å². The van der Waals surface area contributed by atoms with Crippen LogP contribution in [0.1, 0.15) is 26.2 Å². The van der Waals surface area contributed by atoms with Gasteiger partial charge in [0.25, 0.3) is 0 Å². The van der Waals surface area contributed by atoms with E-state index in [1.54, 1.807) is 0 Å². The normalized spacial score (nSPS) is 11.4. The maximum Gasteiger partial charge on any atom is 0.0349 e. The second kappa shape index (κ2) is 5.96. The van der Waals surface area contributed by atoms with E-state index >= 15 is 0 Å². The molecule has 0 rings (SSSR count). The molecule has 0 atom stereocenters. The lowest BCUT2D eigenvalue weighted by molar-refractivity contribution is 0.435. The topological polar surface area (TPSA) is 15.6 Å². The molecular weight excluding hydrogens is 136 g/mol. The number of rotatable bonds is 5. The van der Waals surface area contributed by atoms with Crippen molar-refractivity contribution in [1.82, 2.24) is 5.01 Å². The minimum atomic E-state index is 1.07. The average molecular weight is 154 g/mol. The summed E-state index contributed by atoms with van der Waals surface area (Å²) in [7, 11) is 3.88. The van der Waals surface area contributed by atoms with E-state index in [4.69, 9.17) is 0 Å². The average Bonchev–Trinajstić information content (AvgIpc) is 1.86. The van der Waals surface area contributed by atoms with Crippen molar-refractivity contribution in [1.29, 1.82) is 0 Å². The molecule has 0 aliphatic carbocycles. The van der Waals surface area contributed by atoms with Gasteiger partial charge in [0.15, 0.2) is 0 Å². The highest BCUT2D eigenvalue weighted by Gasteiger charge is 1.90. The molecule has 0 saturated carbocycles. The molecule has 0 spiro atoms. The summed E-state index contributed by atoms with van der Waals surface area (Å²) in [5, 5.41) is 6.10. The third-order valence-electron chi connectivity index (χ3n) is 1.32. The minimum absolute atomic E-state index is 1.07. The second-order valence-electron chi connectivity index (χ2n) is 2.86. The summed E-state index contributed by atoms with van der Waals surface area (Å²) >= 11 is 0. The Balaban J connectivity index is 3.50. The third kappa shape index (κ3) is 7.10. The van der Waals surface area contributed by atoms with Gasteiger partial charge in [-0.15, -0.1) is 6.58 Å². The maximum atomic E-state index is 4.26. The first-order valence-corrected chi connectivity index (χ1v) is 3.99. The van der Waals surface area contributed by atoms with Crippen LogP contribution in [0, 0.1) is 0 Å². The van der Waals surface area contributed by atoms with E-state index in [1.165, 1.54) is 5.71 Å². The van der Waals surface area contributed by atoms with Crippen LogP contribution in [0.5, 0.6) is 0 Å². The molecule has 0 unspecified atom stereocenters. The molecule has 0 radical (unpaired) electrons. The van der Waals surface area contributed by atoms with Crippen molar-refractivity contribution >= 4 is 5.71 Å². The molecule has 0 N–H and O–H groups in total. The highest BCUT2D eigenvalue weighted by molar-refractivity contribution is 5.81. The van der Waals surface area contributed by atoms with Gasteiger partial charge in [-0.1, -0.05) is 6.08 Å². The predicted octanol–water partition coefficient (Wildman–Crippen LogP) is 2.28. The monoisotopic (exact) mass is 154 g/mol. The fourth-order valence-electron chi connectivity index (χ4n) is 0.894. The van der Waals surface area contributed by atoms with Crippen molar-refractivity contribution in [2.45, 2.75) is 26.2 Å². The zero-order valence-corrected chi connectivity index (χ0v) is 7.80. The van der Waals surface area contributed by atoms with Gasteiger partial charge in [0.2, 0.25) is 0 Å². The first-order valence-electron chi connectivity index (χ1n) is 3.99. The molecule has 0 heterocycles. The van der Waals surface area contributed by atoms with Gasteiger partial charge < -0.3 is 5.01 Å². The van der Waals surface area contributed by atoms with E-state index in [9.17, 15) is 0 Å². The van der Waals surface area contributed by atoms with E-state index < -0.39 is 0 Å². The Labute approximate surface area is 69.6 Å². The molecule has 0 saturated heterocycles. The zero-order chi connectivity index (χ0) is 8.69. The summed E-state index contributed by atoms with van der Waals surface area (Å²) in [6.07, 6.45) is 5.26. The van der Waals surface area contributed by atoms with Crippen LogP contribution in [0.15, 0.2) is 17.8 Å².